The number of halogens is 2. The summed E-state index contributed by atoms with van der Waals surface area (Å²) in [6, 6.07) is 11.9. The van der Waals surface area contributed by atoms with Crippen molar-refractivity contribution in [2.24, 2.45) is 0 Å². The van der Waals surface area contributed by atoms with Crippen LogP contribution in [0.3, 0.4) is 0 Å². The number of alkyl halides is 2. The molecule has 31 heavy (non-hydrogen) atoms. The highest BCUT2D eigenvalue weighted by molar-refractivity contribution is 5.72. The standard InChI is InChI=1S/C27H36F2N2/c1-17(2)21-11-9-12-22(18(3)4)25(21)30-15-16-31(27(30,28)29)26-23(19(5)6)13-10-14-24(26)20(7)8/h9-20H,1-8H3. The second-order valence-electron chi connectivity index (χ2n) is 9.74. The van der Waals surface area contributed by atoms with Gasteiger partial charge in [-0.25, -0.2) is 0 Å². The van der Waals surface area contributed by atoms with Crippen molar-refractivity contribution in [1.82, 2.24) is 0 Å². The van der Waals surface area contributed by atoms with Gasteiger partial charge in [0.2, 0.25) is 0 Å². The van der Waals surface area contributed by atoms with Gasteiger partial charge in [0.25, 0.3) is 0 Å². The summed E-state index contributed by atoms with van der Waals surface area (Å²) in [5, 5.41) is 0. The predicted molar refractivity (Wildman–Crippen MR) is 128 cm³/mol. The van der Waals surface area contributed by atoms with Crippen LogP contribution in [-0.2, 0) is 0 Å². The first kappa shape index (κ1) is 23.3. The van der Waals surface area contributed by atoms with E-state index in [1.807, 2.05) is 36.4 Å². The Balaban J connectivity index is 2.20. The van der Waals surface area contributed by atoms with Crippen LogP contribution >= 0.6 is 0 Å². The van der Waals surface area contributed by atoms with Gasteiger partial charge < -0.3 is 0 Å². The van der Waals surface area contributed by atoms with E-state index in [-0.39, 0.29) is 23.7 Å². The average Bonchev–Trinajstić information content (AvgIpc) is 3.00. The van der Waals surface area contributed by atoms with E-state index in [9.17, 15) is 0 Å². The Hall–Kier alpha value is -2.36. The Morgan fingerprint density at radius 1 is 0.548 bits per heavy atom. The molecule has 0 saturated carbocycles. The Kier molecular flexibility index (Phi) is 6.50. The second-order valence-corrected chi connectivity index (χ2v) is 9.74. The third kappa shape index (κ3) is 4.09. The maximum Gasteiger partial charge on any atom is 0.421 e. The maximum atomic E-state index is 16.2. The lowest BCUT2D eigenvalue weighted by molar-refractivity contribution is 0.0200. The minimum absolute atomic E-state index is 0.140. The van der Waals surface area contributed by atoms with Gasteiger partial charge >= 0.3 is 6.17 Å². The first-order valence-electron chi connectivity index (χ1n) is 11.4. The lowest BCUT2D eigenvalue weighted by Gasteiger charge is -2.37. The third-order valence-corrected chi connectivity index (χ3v) is 6.11. The largest absolute Gasteiger partial charge is 0.421 e. The van der Waals surface area contributed by atoms with Crippen LogP contribution < -0.4 is 9.80 Å². The zero-order valence-electron chi connectivity index (χ0n) is 20.1. The number of hydrogen-bond donors (Lipinski definition) is 0. The number of rotatable bonds is 6. The van der Waals surface area contributed by atoms with Crippen molar-refractivity contribution in [1.29, 1.82) is 0 Å². The van der Waals surface area contributed by atoms with Crippen molar-refractivity contribution in [2.75, 3.05) is 9.80 Å². The molecule has 1 heterocycles. The average molecular weight is 427 g/mol. The molecule has 0 aliphatic carbocycles. The van der Waals surface area contributed by atoms with Gasteiger partial charge in [0.1, 0.15) is 0 Å². The lowest BCUT2D eigenvalue weighted by Crippen LogP contribution is -2.47. The van der Waals surface area contributed by atoms with Gasteiger partial charge in [-0.3, -0.25) is 9.80 Å². The lowest BCUT2D eigenvalue weighted by atomic mass is 9.91. The minimum atomic E-state index is -3.21. The van der Waals surface area contributed by atoms with Crippen LogP contribution in [0.15, 0.2) is 48.8 Å². The summed E-state index contributed by atoms with van der Waals surface area (Å²) in [5.41, 5.74) is 5.03. The van der Waals surface area contributed by atoms with Crippen molar-refractivity contribution in [3.05, 3.63) is 71.1 Å². The van der Waals surface area contributed by atoms with E-state index in [1.54, 1.807) is 12.4 Å². The second kappa shape index (κ2) is 8.64. The molecule has 0 aromatic heterocycles. The third-order valence-electron chi connectivity index (χ3n) is 6.11. The Morgan fingerprint density at radius 3 is 1.03 bits per heavy atom. The molecule has 0 N–H and O–H groups in total. The summed E-state index contributed by atoms with van der Waals surface area (Å²) in [7, 11) is 0. The number of hydrogen-bond acceptors (Lipinski definition) is 2. The maximum absolute atomic E-state index is 16.2. The molecule has 0 amide bonds. The molecule has 168 valence electrons. The normalized spacial score (nSPS) is 15.9. The van der Waals surface area contributed by atoms with Crippen LogP contribution in [-0.4, -0.2) is 6.17 Å². The van der Waals surface area contributed by atoms with Crippen LogP contribution in [0, 0.1) is 0 Å². The Bertz CT molecular complexity index is 830. The molecule has 3 rings (SSSR count). The summed E-state index contributed by atoms with van der Waals surface area (Å²) in [6.07, 6.45) is -0.105. The van der Waals surface area contributed by atoms with Crippen molar-refractivity contribution < 1.29 is 8.78 Å². The van der Waals surface area contributed by atoms with E-state index in [4.69, 9.17) is 0 Å². The zero-order chi connectivity index (χ0) is 23.1. The SMILES string of the molecule is CC(C)c1cccc(C(C)C)c1N1C=CN(c2c(C(C)C)cccc2C(C)C)C1(F)F. The van der Waals surface area contributed by atoms with Crippen molar-refractivity contribution in [3.63, 3.8) is 0 Å². The van der Waals surface area contributed by atoms with Crippen LogP contribution in [0.25, 0.3) is 0 Å². The van der Waals surface area contributed by atoms with Crippen molar-refractivity contribution in [3.8, 4) is 0 Å². The smallest absolute Gasteiger partial charge is 0.268 e. The first-order valence-corrected chi connectivity index (χ1v) is 11.4. The number of anilines is 2. The highest BCUT2D eigenvalue weighted by Gasteiger charge is 2.49. The molecular formula is C27H36F2N2. The number of para-hydroxylation sites is 2. The van der Waals surface area contributed by atoms with Gasteiger partial charge in [-0.1, -0.05) is 91.8 Å². The zero-order valence-corrected chi connectivity index (χ0v) is 20.1. The highest BCUT2D eigenvalue weighted by Crippen LogP contribution is 2.47. The van der Waals surface area contributed by atoms with Crippen LogP contribution in [0.4, 0.5) is 20.2 Å². The molecule has 2 aromatic carbocycles. The summed E-state index contributed by atoms with van der Waals surface area (Å²) in [4.78, 5) is 2.36. The topological polar surface area (TPSA) is 6.48 Å². The molecular weight excluding hydrogens is 390 g/mol. The molecule has 0 saturated heterocycles. The molecule has 0 atom stereocenters. The van der Waals surface area contributed by atoms with E-state index in [2.05, 4.69) is 55.4 Å². The number of nitrogens with zero attached hydrogens (tertiary/aromatic N) is 2. The summed E-state index contributed by atoms with van der Waals surface area (Å²) >= 11 is 0. The van der Waals surface area contributed by atoms with Gasteiger partial charge in [0.05, 0.1) is 11.4 Å². The van der Waals surface area contributed by atoms with Crippen molar-refractivity contribution >= 4 is 11.4 Å². The molecule has 0 unspecified atom stereocenters. The molecule has 4 heteroatoms. The minimum Gasteiger partial charge on any atom is -0.268 e. The van der Waals surface area contributed by atoms with Crippen molar-refractivity contribution in [2.45, 2.75) is 85.2 Å². The molecule has 2 aromatic rings. The van der Waals surface area contributed by atoms with Crippen LogP contribution in [0.5, 0.6) is 0 Å². The molecule has 0 spiro atoms. The molecule has 1 aliphatic heterocycles. The molecule has 1 aliphatic rings. The summed E-state index contributed by atoms with van der Waals surface area (Å²) < 4.78 is 32.4. The van der Waals surface area contributed by atoms with Crippen LogP contribution in [0.2, 0.25) is 0 Å². The Morgan fingerprint density at radius 2 is 0.806 bits per heavy atom. The van der Waals surface area contributed by atoms with E-state index in [0.717, 1.165) is 22.3 Å². The quantitative estimate of drug-likeness (QED) is 0.427. The van der Waals surface area contributed by atoms with E-state index >= 15 is 8.78 Å². The van der Waals surface area contributed by atoms with Gasteiger partial charge in [0, 0.05) is 12.4 Å². The van der Waals surface area contributed by atoms with Crippen LogP contribution in [0.1, 0.15) is 101 Å². The predicted octanol–water partition coefficient (Wildman–Crippen LogP) is 8.53. The van der Waals surface area contributed by atoms with E-state index in [0.29, 0.717) is 11.4 Å². The first-order chi connectivity index (χ1) is 14.5. The fourth-order valence-electron chi connectivity index (χ4n) is 4.43. The van der Waals surface area contributed by atoms with Gasteiger partial charge in [0.15, 0.2) is 0 Å². The molecule has 0 fully saturated rings. The van der Waals surface area contributed by atoms with Gasteiger partial charge in [-0.15, -0.1) is 0 Å². The molecule has 2 nitrogen and oxygen atoms in total. The molecule has 0 bridgehead atoms. The van der Waals surface area contributed by atoms with Gasteiger partial charge in [-0.2, -0.15) is 8.78 Å². The van der Waals surface area contributed by atoms with E-state index in [1.165, 1.54) is 9.80 Å². The Labute approximate surface area is 186 Å². The molecule has 0 radical (unpaired) electrons. The highest BCUT2D eigenvalue weighted by atomic mass is 19.3. The fourth-order valence-corrected chi connectivity index (χ4v) is 4.43. The summed E-state index contributed by atoms with van der Waals surface area (Å²) in [6.45, 7) is 16.5. The van der Waals surface area contributed by atoms with Gasteiger partial charge in [-0.05, 0) is 45.9 Å². The fraction of sp³-hybridized carbons (Fsp3) is 0.481. The summed E-state index contributed by atoms with van der Waals surface area (Å²) in [5.74, 6) is 0.560. The number of benzene rings is 2. The monoisotopic (exact) mass is 426 g/mol. The van der Waals surface area contributed by atoms with E-state index < -0.39 is 6.17 Å².